The number of hydrogen-bond donors (Lipinski definition) is 2. The first-order chi connectivity index (χ1) is 8.36. The van der Waals surface area contributed by atoms with E-state index in [9.17, 15) is 0 Å². The Kier molecular flexibility index (Phi) is 7.69. The normalized spacial score (nSPS) is 10.7. The van der Waals surface area contributed by atoms with Gasteiger partial charge in [-0.15, -0.1) is 0 Å². The van der Waals surface area contributed by atoms with Crippen molar-refractivity contribution in [3.8, 4) is 0 Å². The molecule has 0 atom stereocenters. The van der Waals surface area contributed by atoms with Crippen molar-refractivity contribution >= 4 is 0 Å². The average molecular weight is 234 g/mol. The Balaban J connectivity index is 2.05. The highest BCUT2D eigenvalue weighted by molar-refractivity contribution is 5.22. The first-order valence-corrected chi connectivity index (χ1v) is 6.80. The van der Waals surface area contributed by atoms with Crippen LogP contribution in [-0.2, 0) is 12.8 Å². The second-order valence-corrected chi connectivity index (χ2v) is 4.48. The van der Waals surface area contributed by atoms with Gasteiger partial charge in [-0.1, -0.05) is 31.2 Å². The Bertz CT molecular complexity index is 279. The molecule has 1 aromatic carbocycles. The fourth-order valence-electron chi connectivity index (χ4n) is 1.85. The van der Waals surface area contributed by atoms with Gasteiger partial charge < -0.3 is 10.6 Å². The minimum Gasteiger partial charge on any atom is -0.320 e. The maximum Gasteiger partial charge on any atom is -0.000835 e. The first kappa shape index (κ1) is 14.2. The third-order valence-corrected chi connectivity index (χ3v) is 3.05. The fourth-order valence-corrected chi connectivity index (χ4v) is 1.85. The van der Waals surface area contributed by atoms with Gasteiger partial charge in [0.05, 0.1) is 0 Å². The zero-order chi connectivity index (χ0) is 12.3. The van der Waals surface area contributed by atoms with E-state index < -0.39 is 0 Å². The molecular weight excluding hydrogens is 208 g/mol. The zero-order valence-electron chi connectivity index (χ0n) is 11.3. The van der Waals surface area contributed by atoms with Gasteiger partial charge in [0, 0.05) is 0 Å². The summed E-state index contributed by atoms with van der Waals surface area (Å²) in [6.45, 7) is 5.54. The molecule has 1 rings (SSSR count). The minimum atomic E-state index is 1.09. The fraction of sp³-hybridized carbons (Fsp3) is 0.600. The highest BCUT2D eigenvalue weighted by Gasteiger charge is 1.94. The summed E-state index contributed by atoms with van der Waals surface area (Å²) in [5, 5.41) is 6.66. The summed E-state index contributed by atoms with van der Waals surface area (Å²) in [6.07, 6.45) is 4.78. The Labute approximate surface area is 106 Å². The van der Waals surface area contributed by atoms with E-state index in [1.54, 1.807) is 0 Å². The van der Waals surface area contributed by atoms with Gasteiger partial charge in [0.15, 0.2) is 0 Å². The van der Waals surface area contributed by atoms with Gasteiger partial charge in [-0.05, 0) is 63.5 Å². The predicted octanol–water partition coefficient (Wildman–Crippen LogP) is 2.38. The Morgan fingerprint density at radius 2 is 1.53 bits per heavy atom. The van der Waals surface area contributed by atoms with Crippen molar-refractivity contribution in [2.75, 3.05) is 26.7 Å². The number of unbranched alkanes of at least 4 members (excludes halogenated alkanes) is 1. The van der Waals surface area contributed by atoms with Crippen LogP contribution >= 0.6 is 0 Å². The van der Waals surface area contributed by atoms with Crippen LogP contribution in [0.2, 0.25) is 0 Å². The van der Waals surface area contributed by atoms with E-state index in [0.717, 1.165) is 32.5 Å². The molecule has 0 heterocycles. The van der Waals surface area contributed by atoms with Gasteiger partial charge in [0.2, 0.25) is 0 Å². The highest BCUT2D eigenvalue weighted by atomic mass is 14.8. The molecular formula is C15H26N2. The van der Waals surface area contributed by atoms with E-state index >= 15 is 0 Å². The third kappa shape index (κ3) is 6.44. The molecule has 0 unspecified atom stereocenters. The van der Waals surface area contributed by atoms with Gasteiger partial charge in [0.25, 0.3) is 0 Å². The molecule has 0 aromatic heterocycles. The summed E-state index contributed by atoms with van der Waals surface area (Å²) in [4.78, 5) is 0. The number of hydrogen-bond acceptors (Lipinski definition) is 2. The monoisotopic (exact) mass is 234 g/mol. The summed E-state index contributed by atoms with van der Waals surface area (Å²) in [6, 6.07) is 8.98. The summed E-state index contributed by atoms with van der Waals surface area (Å²) < 4.78 is 0. The quantitative estimate of drug-likeness (QED) is 0.641. The van der Waals surface area contributed by atoms with Crippen LogP contribution in [0.3, 0.4) is 0 Å². The molecule has 0 saturated carbocycles. The highest BCUT2D eigenvalue weighted by Crippen LogP contribution is 2.05. The number of nitrogens with one attached hydrogen (secondary N) is 2. The molecule has 17 heavy (non-hydrogen) atoms. The van der Waals surface area contributed by atoms with Crippen molar-refractivity contribution < 1.29 is 0 Å². The van der Waals surface area contributed by atoms with E-state index in [1.807, 2.05) is 7.05 Å². The van der Waals surface area contributed by atoms with Gasteiger partial charge in [-0.3, -0.25) is 0 Å². The average Bonchev–Trinajstić information content (AvgIpc) is 2.38. The SMILES string of the molecule is CCc1ccc(CCNCCCCNC)cc1. The van der Waals surface area contributed by atoms with Crippen LogP contribution in [-0.4, -0.2) is 26.7 Å². The predicted molar refractivity (Wildman–Crippen MR) is 75.6 cm³/mol. The third-order valence-electron chi connectivity index (χ3n) is 3.05. The van der Waals surface area contributed by atoms with Crippen molar-refractivity contribution in [3.05, 3.63) is 35.4 Å². The maximum atomic E-state index is 3.49. The first-order valence-electron chi connectivity index (χ1n) is 6.80. The van der Waals surface area contributed by atoms with E-state index in [2.05, 4.69) is 41.8 Å². The van der Waals surface area contributed by atoms with Crippen LogP contribution in [0.1, 0.15) is 30.9 Å². The summed E-state index contributed by atoms with van der Waals surface area (Å²) in [5.74, 6) is 0. The molecule has 0 bridgehead atoms. The molecule has 0 saturated heterocycles. The Morgan fingerprint density at radius 1 is 0.882 bits per heavy atom. The Hall–Kier alpha value is -0.860. The molecule has 1 aromatic rings. The second-order valence-electron chi connectivity index (χ2n) is 4.48. The van der Waals surface area contributed by atoms with Crippen LogP contribution in [0, 0.1) is 0 Å². The molecule has 2 nitrogen and oxygen atoms in total. The molecule has 0 radical (unpaired) electrons. The topological polar surface area (TPSA) is 24.1 Å². The van der Waals surface area contributed by atoms with E-state index in [1.165, 1.54) is 24.0 Å². The number of benzene rings is 1. The lowest BCUT2D eigenvalue weighted by atomic mass is 10.1. The molecule has 0 spiro atoms. The van der Waals surface area contributed by atoms with Gasteiger partial charge in [0.1, 0.15) is 0 Å². The van der Waals surface area contributed by atoms with Crippen molar-refractivity contribution in [2.24, 2.45) is 0 Å². The smallest absolute Gasteiger partial charge is 0.000835 e. The largest absolute Gasteiger partial charge is 0.320 e. The molecule has 0 amide bonds. The van der Waals surface area contributed by atoms with Gasteiger partial charge >= 0.3 is 0 Å². The lowest BCUT2D eigenvalue weighted by molar-refractivity contribution is 0.606. The molecule has 2 heteroatoms. The lowest BCUT2D eigenvalue weighted by Crippen LogP contribution is -2.19. The maximum absolute atomic E-state index is 3.49. The van der Waals surface area contributed by atoms with Crippen LogP contribution in [0.5, 0.6) is 0 Å². The summed E-state index contributed by atoms with van der Waals surface area (Å²) >= 11 is 0. The molecule has 0 fully saturated rings. The lowest BCUT2D eigenvalue weighted by Gasteiger charge is -2.05. The molecule has 0 aliphatic heterocycles. The zero-order valence-corrected chi connectivity index (χ0v) is 11.3. The van der Waals surface area contributed by atoms with Gasteiger partial charge in [-0.2, -0.15) is 0 Å². The molecule has 0 aliphatic carbocycles. The van der Waals surface area contributed by atoms with Crippen LogP contribution < -0.4 is 10.6 Å². The van der Waals surface area contributed by atoms with Crippen molar-refractivity contribution in [2.45, 2.75) is 32.6 Å². The van der Waals surface area contributed by atoms with E-state index in [0.29, 0.717) is 0 Å². The van der Waals surface area contributed by atoms with Crippen molar-refractivity contribution in [1.29, 1.82) is 0 Å². The minimum absolute atomic E-state index is 1.09. The number of rotatable bonds is 9. The Morgan fingerprint density at radius 3 is 2.18 bits per heavy atom. The van der Waals surface area contributed by atoms with Crippen LogP contribution in [0.4, 0.5) is 0 Å². The van der Waals surface area contributed by atoms with E-state index in [4.69, 9.17) is 0 Å². The molecule has 96 valence electrons. The molecule has 2 N–H and O–H groups in total. The summed E-state index contributed by atoms with van der Waals surface area (Å²) in [7, 11) is 2.01. The van der Waals surface area contributed by atoms with Crippen LogP contribution in [0.15, 0.2) is 24.3 Å². The number of aryl methyl sites for hydroxylation is 1. The van der Waals surface area contributed by atoms with Crippen molar-refractivity contribution in [3.63, 3.8) is 0 Å². The van der Waals surface area contributed by atoms with Crippen LogP contribution in [0.25, 0.3) is 0 Å². The van der Waals surface area contributed by atoms with Crippen molar-refractivity contribution in [1.82, 2.24) is 10.6 Å². The second kappa shape index (κ2) is 9.20. The standard InChI is InChI=1S/C15H26N2/c1-3-14-6-8-15(9-7-14)10-13-17-12-5-4-11-16-2/h6-9,16-17H,3-5,10-13H2,1-2H3. The molecule has 0 aliphatic rings. The summed E-state index contributed by atoms with van der Waals surface area (Å²) in [5.41, 5.74) is 2.86. The van der Waals surface area contributed by atoms with Gasteiger partial charge in [-0.25, -0.2) is 0 Å². The van der Waals surface area contributed by atoms with E-state index in [-0.39, 0.29) is 0 Å².